The molecule has 1 heterocycles. The number of rotatable bonds is 7. The van der Waals surface area contributed by atoms with Crippen LogP contribution < -0.4 is 5.32 Å². The van der Waals surface area contributed by atoms with Gasteiger partial charge in [-0.2, -0.15) is 0 Å². The Morgan fingerprint density at radius 3 is 2.68 bits per heavy atom. The van der Waals surface area contributed by atoms with E-state index in [9.17, 15) is 9.59 Å². The van der Waals surface area contributed by atoms with Gasteiger partial charge in [-0.05, 0) is 50.0 Å². The van der Waals surface area contributed by atoms with E-state index in [1.165, 1.54) is 30.6 Å². The van der Waals surface area contributed by atoms with Crippen LogP contribution in [0.2, 0.25) is 0 Å². The van der Waals surface area contributed by atoms with Gasteiger partial charge in [0, 0.05) is 11.3 Å². The fourth-order valence-corrected chi connectivity index (χ4v) is 5.25. The summed E-state index contributed by atoms with van der Waals surface area (Å²) in [6.45, 7) is 2.42. The number of anilines is 1. The zero-order valence-electron chi connectivity index (χ0n) is 15.2. The van der Waals surface area contributed by atoms with E-state index in [0.717, 1.165) is 44.1 Å². The van der Waals surface area contributed by atoms with Crippen LogP contribution in [0.15, 0.2) is 0 Å². The molecule has 0 bridgehead atoms. The molecule has 1 aromatic rings. The molecule has 3 rings (SSSR count). The lowest BCUT2D eigenvalue weighted by molar-refractivity contribution is -0.116. The lowest BCUT2D eigenvalue weighted by atomic mass is 9.95. The number of ether oxygens (including phenoxy) is 1. The van der Waals surface area contributed by atoms with Crippen LogP contribution in [-0.2, 0) is 22.4 Å². The highest BCUT2D eigenvalue weighted by atomic mass is 32.1. The predicted molar refractivity (Wildman–Crippen MR) is 101 cm³/mol. The van der Waals surface area contributed by atoms with Gasteiger partial charge in [0.25, 0.3) is 0 Å². The molecule has 0 aromatic carbocycles. The summed E-state index contributed by atoms with van der Waals surface area (Å²) in [6, 6.07) is 0. The monoisotopic (exact) mass is 363 g/mol. The van der Waals surface area contributed by atoms with Crippen molar-refractivity contribution >= 4 is 28.2 Å². The molecule has 0 saturated heterocycles. The van der Waals surface area contributed by atoms with Crippen molar-refractivity contribution < 1.29 is 14.3 Å². The molecule has 25 heavy (non-hydrogen) atoms. The van der Waals surface area contributed by atoms with Gasteiger partial charge >= 0.3 is 5.97 Å². The first-order valence-corrected chi connectivity index (χ1v) is 10.6. The Kier molecular flexibility index (Phi) is 6.51. The number of fused-ring (bicyclic) bond motifs is 1. The molecule has 5 heteroatoms. The number of thiophene rings is 1. The number of nitrogens with one attached hydrogen (secondary N) is 1. The fourth-order valence-electron chi connectivity index (χ4n) is 3.96. The number of carbonyl (C=O) groups is 2. The van der Waals surface area contributed by atoms with E-state index in [2.05, 4.69) is 5.32 Å². The van der Waals surface area contributed by atoms with E-state index in [-0.39, 0.29) is 11.9 Å². The highest BCUT2D eigenvalue weighted by Gasteiger charge is 2.27. The summed E-state index contributed by atoms with van der Waals surface area (Å²) in [5.41, 5.74) is 1.74. The van der Waals surface area contributed by atoms with Gasteiger partial charge in [-0.1, -0.05) is 32.6 Å². The Morgan fingerprint density at radius 1 is 1.16 bits per heavy atom. The van der Waals surface area contributed by atoms with Gasteiger partial charge in [-0.15, -0.1) is 11.3 Å². The summed E-state index contributed by atoms with van der Waals surface area (Å²) < 4.78 is 5.38. The van der Waals surface area contributed by atoms with E-state index >= 15 is 0 Å². The van der Waals surface area contributed by atoms with Crippen LogP contribution in [-0.4, -0.2) is 18.5 Å². The van der Waals surface area contributed by atoms with E-state index in [4.69, 9.17) is 4.74 Å². The summed E-state index contributed by atoms with van der Waals surface area (Å²) in [5.74, 6) is 0.471. The van der Waals surface area contributed by atoms with Gasteiger partial charge in [0.2, 0.25) is 5.91 Å². The molecule has 4 nitrogen and oxygen atoms in total. The summed E-state index contributed by atoms with van der Waals surface area (Å²) >= 11 is 1.58. The molecule has 0 spiro atoms. The number of amides is 1. The first-order valence-electron chi connectivity index (χ1n) is 9.80. The van der Waals surface area contributed by atoms with Crippen molar-refractivity contribution in [2.75, 3.05) is 11.9 Å². The third-order valence-electron chi connectivity index (χ3n) is 5.32. The first kappa shape index (κ1) is 18.4. The van der Waals surface area contributed by atoms with Crippen molar-refractivity contribution in [2.24, 2.45) is 5.92 Å². The average molecular weight is 364 g/mol. The van der Waals surface area contributed by atoms with Crippen molar-refractivity contribution in [3.05, 3.63) is 16.0 Å². The third-order valence-corrected chi connectivity index (χ3v) is 6.53. The van der Waals surface area contributed by atoms with Gasteiger partial charge in [0.15, 0.2) is 0 Å². The summed E-state index contributed by atoms with van der Waals surface area (Å²) in [6.07, 6.45) is 11.6. The largest absolute Gasteiger partial charge is 0.462 e. The van der Waals surface area contributed by atoms with Gasteiger partial charge in [0.05, 0.1) is 12.2 Å². The molecule has 0 unspecified atom stereocenters. The molecule has 1 aromatic heterocycles. The average Bonchev–Trinajstić information content (AvgIpc) is 3.25. The van der Waals surface area contributed by atoms with Crippen LogP contribution in [0.3, 0.4) is 0 Å². The van der Waals surface area contributed by atoms with E-state index < -0.39 is 0 Å². The van der Waals surface area contributed by atoms with Crippen LogP contribution in [0, 0.1) is 5.92 Å². The molecule has 0 atom stereocenters. The Hall–Kier alpha value is -1.36. The fraction of sp³-hybridized carbons (Fsp3) is 0.700. The molecular formula is C20H29NO3S. The van der Waals surface area contributed by atoms with E-state index in [0.29, 0.717) is 29.5 Å². The lowest BCUT2D eigenvalue weighted by Gasteiger charge is -2.13. The SMILES string of the molecule is CCCOC(=O)c1c(NC(=O)CCC2CCCC2)sc2c1CCCC2. The molecule has 1 amide bonds. The van der Waals surface area contributed by atoms with Gasteiger partial charge < -0.3 is 10.1 Å². The number of hydrogen-bond acceptors (Lipinski definition) is 4. The number of aryl methyl sites for hydroxylation is 1. The molecule has 0 radical (unpaired) electrons. The number of esters is 1. The molecule has 138 valence electrons. The minimum Gasteiger partial charge on any atom is -0.462 e. The highest BCUT2D eigenvalue weighted by molar-refractivity contribution is 7.17. The smallest absolute Gasteiger partial charge is 0.341 e. The second-order valence-electron chi connectivity index (χ2n) is 7.29. The maximum atomic E-state index is 12.5. The molecule has 2 aliphatic carbocycles. The second kappa shape index (κ2) is 8.84. The summed E-state index contributed by atoms with van der Waals surface area (Å²) in [7, 11) is 0. The topological polar surface area (TPSA) is 55.4 Å². The quantitative estimate of drug-likeness (QED) is 0.686. The maximum Gasteiger partial charge on any atom is 0.341 e. The highest BCUT2D eigenvalue weighted by Crippen LogP contribution is 2.39. The normalized spacial score (nSPS) is 17.3. The van der Waals surface area contributed by atoms with Crippen molar-refractivity contribution in [3.8, 4) is 0 Å². The van der Waals surface area contributed by atoms with Crippen molar-refractivity contribution in [3.63, 3.8) is 0 Å². The molecule has 1 N–H and O–H groups in total. The van der Waals surface area contributed by atoms with Gasteiger partial charge in [-0.25, -0.2) is 4.79 Å². The first-order chi connectivity index (χ1) is 12.2. The maximum absolute atomic E-state index is 12.5. The zero-order valence-corrected chi connectivity index (χ0v) is 16.0. The zero-order chi connectivity index (χ0) is 17.6. The molecule has 1 fully saturated rings. The van der Waals surface area contributed by atoms with Crippen molar-refractivity contribution in [1.82, 2.24) is 0 Å². The van der Waals surface area contributed by atoms with Crippen molar-refractivity contribution in [2.45, 2.75) is 77.6 Å². The van der Waals surface area contributed by atoms with Crippen LogP contribution in [0.5, 0.6) is 0 Å². The Bertz CT molecular complexity index is 617. The predicted octanol–water partition coefficient (Wildman–Crippen LogP) is 5.10. The van der Waals surface area contributed by atoms with Crippen LogP contribution in [0.1, 0.15) is 85.5 Å². The van der Waals surface area contributed by atoms with E-state index in [1.807, 2.05) is 6.92 Å². The van der Waals surface area contributed by atoms with E-state index in [1.54, 1.807) is 11.3 Å². The Labute approximate surface area is 154 Å². The third kappa shape index (κ3) is 4.63. The van der Waals surface area contributed by atoms with Crippen LogP contribution in [0.4, 0.5) is 5.00 Å². The molecule has 2 aliphatic rings. The number of hydrogen-bond donors (Lipinski definition) is 1. The summed E-state index contributed by atoms with van der Waals surface area (Å²) in [4.78, 5) is 26.2. The van der Waals surface area contributed by atoms with Crippen LogP contribution >= 0.6 is 11.3 Å². The Balaban J connectivity index is 1.69. The standard InChI is InChI=1S/C20H29NO3S/c1-2-13-24-20(23)18-15-9-5-6-10-16(15)25-19(18)21-17(22)12-11-14-7-3-4-8-14/h14H,2-13H2,1H3,(H,21,22). The second-order valence-corrected chi connectivity index (χ2v) is 8.39. The Morgan fingerprint density at radius 2 is 1.92 bits per heavy atom. The van der Waals surface area contributed by atoms with Crippen molar-refractivity contribution in [1.29, 1.82) is 0 Å². The van der Waals surface area contributed by atoms with Crippen LogP contribution in [0.25, 0.3) is 0 Å². The molecule has 0 aliphatic heterocycles. The molecule has 1 saturated carbocycles. The minimum atomic E-state index is -0.271. The van der Waals surface area contributed by atoms with Gasteiger partial charge in [-0.3, -0.25) is 4.79 Å². The van der Waals surface area contributed by atoms with Gasteiger partial charge in [0.1, 0.15) is 5.00 Å². The molecular weight excluding hydrogens is 334 g/mol. The minimum absolute atomic E-state index is 0.0371. The lowest BCUT2D eigenvalue weighted by Crippen LogP contribution is -2.16. The summed E-state index contributed by atoms with van der Waals surface area (Å²) in [5, 5.41) is 3.74. The number of carbonyl (C=O) groups excluding carboxylic acids is 2.